The minimum absolute atomic E-state index is 0.0591. The number of hydrogen-bond acceptors (Lipinski definition) is 7. The summed E-state index contributed by atoms with van der Waals surface area (Å²) in [6.07, 6.45) is 3.23. The van der Waals surface area contributed by atoms with Gasteiger partial charge in [-0.05, 0) is 49.3 Å². The molecule has 0 radical (unpaired) electrons. The summed E-state index contributed by atoms with van der Waals surface area (Å²) in [6, 6.07) is 30.9. The Bertz CT molecular complexity index is 1310. The summed E-state index contributed by atoms with van der Waals surface area (Å²) in [5.41, 5.74) is 2.89. The Balaban J connectivity index is 1.53. The largest absolute Gasteiger partial charge is 0.461 e. The molecule has 40 heavy (non-hydrogen) atoms. The van der Waals surface area contributed by atoms with Gasteiger partial charge >= 0.3 is 5.97 Å². The molecule has 1 saturated carbocycles. The summed E-state index contributed by atoms with van der Waals surface area (Å²) < 4.78 is 5.31. The zero-order valence-corrected chi connectivity index (χ0v) is 23.9. The average molecular weight is 574 g/mol. The van der Waals surface area contributed by atoms with Crippen molar-refractivity contribution in [1.82, 2.24) is 4.98 Å². The van der Waals surface area contributed by atoms with Gasteiger partial charge in [-0.15, -0.1) is 22.9 Å². The topological polar surface area (TPSA) is 72.8 Å². The lowest BCUT2D eigenvalue weighted by molar-refractivity contribution is -0.135. The molecule has 0 aliphatic heterocycles. The van der Waals surface area contributed by atoms with Crippen LogP contribution in [-0.2, 0) is 19.9 Å². The number of nitrogens with one attached hydrogen (secondary N) is 1. The number of carbonyl (C=O) groups is 1. The van der Waals surface area contributed by atoms with Gasteiger partial charge in [-0.3, -0.25) is 0 Å². The Kier molecular flexibility index (Phi) is 9.14. The molecule has 0 spiro atoms. The zero-order valence-electron chi connectivity index (χ0n) is 22.3. The van der Waals surface area contributed by atoms with Gasteiger partial charge in [-0.1, -0.05) is 96.2 Å². The molecule has 5 rings (SSSR count). The number of rotatable bonds is 10. The second kappa shape index (κ2) is 13.1. The van der Waals surface area contributed by atoms with E-state index in [-0.39, 0.29) is 23.8 Å². The van der Waals surface area contributed by atoms with Crippen LogP contribution in [0.2, 0.25) is 0 Å². The predicted octanol–water partition coefficient (Wildman–Crippen LogP) is 7.38. The SMILES string of the molecule is CCOC(=O)C(=NO[C@H]1CC[C@@H](Cl)CC1)c1csc(NC(c2ccccc2)(c2ccccc2)c2ccccc2)n1. The van der Waals surface area contributed by atoms with Crippen molar-refractivity contribution in [2.75, 3.05) is 11.9 Å². The van der Waals surface area contributed by atoms with E-state index in [2.05, 4.69) is 46.9 Å². The van der Waals surface area contributed by atoms with Crippen molar-refractivity contribution >= 4 is 39.8 Å². The van der Waals surface area contributed by atoms with Crippen LogP contribution in [0, 0.1) is 0 Å². The van der Waals surface area contributed by atoms with Gasteiger partial charge in [-0.2, -0.15) is 0 Å². The molecule has 1 aromatic heterocycles. The predicted molar refractivity (Wildman–Crippen MR) is 161 cm³/mol. The number of carbonyl (C=O) groups excluding carboxylic acids is 1. The van der Waals surface area contributed by atoms with Crippen LogP contribution in [0.5, 0.6) is 0 Å². The van der Waals surface area contributed by atoms with Crippen molar-refractivity contribution in [3.05, 3.63) is 119 Å². The molecule has 1 aliphatic rings. The molecule has 1 fully saturated rings. The lowest BCUT2D eigenvalue weighted by Gasteiger charge is -2.36. The Hall–Kier alpha value is -3.68. The van der Waals surface area contributed by atoms with E-state index < -0.39 is 11.5 Å². The van der Waals surface area contributed by atoms with Crippen molar-refractivity contribution in [2.45, 2.75) is 49.6 Å². The van der Waals surface area contributed by atoms with E-state index in [0.29, 0.717) is 10.8 Å². The number of alkyl halides is 1. The number of halogens is 1. The Morgan fingerprint density at radius 2 is 1.45 bits per heavy atom. The quantitative estimate of drug-likeness (QED) is 0.0704. The first-order chi connectivity index (χ1) is 19.6. The van der Waals surface area contributed by atoms with Gasteiger partial charge in [0.25, 0.3) is 0 Å². The second-order valence-corrected chi connectivity index (χ2v) is 11.1. The fourth-order valence-corrected chi connectivity index (χ4v) is 6.03. The third-order valence-electron chi connectivity index (χ3n) is 7.03. The fourth-order valence-electron chi connectivity index (χ4n) is 5.02. The number of benzene rings is 3. The molecule has 0 atom stereocenters. The normalized spacial score (nSPS) is 17.7. The highest BCUT2D eigenvalue weighted by molar-refractivity contribution is 7.14. The van der Waals surface area contributed by atoms with Crippen molar-refractivity contribution in [2.24, 2.45) is 5.16 Å². The minimum Gasteiger partial charge on any atom is -0.461 e. The van der Waals surface area contributed by atoms with Crippen LogP contribution < -0.4 is 5.32 Å². The second-order valence-electron chi connectivity index (χ2n) is 9.65. The average Bonchev–Trinajstić information content (AvgIpc) is 3.46. The van der Waals surface area contributed by atoms with Gasteiger partial charge in [-0.25, -0.2) is 9.78 Å². The molecule has 1 aliphatic carbocycles. The number of anilines is 1. The van der Waals surface area contributed by atoms with Gasteiger partial charge in [0.2, 0.25) is 5.71 Å². The maximum absolute atomic E-state index is 12.9. The molecule has 1 heterocycles. The molecular weight excluding hydrogens is 542 g/mol. The highest BCUT2D eigenvalue weighted by Crippen LogP contribution is 2.40. The molecule has 1 N–H and O–H groups in total. The maximum Gasteiger partial charge on any atom is 0.362 e. The number of ether oxygens (including phenoxy) is 1. The van der Waals surface area contributed by atoms with Crippen LogP contribution in [0.25, 0.3) is 0 Å². The van der Waals surface area contributed by atoms with Crippen LogP contribution >= 0.6 is 22.9 Å². The molecule has 3 aromatic carbocycles. The summed E-state index contributed by atoms with van der Waals surface area (Å²) in [4.78, 5) is 23.5. The van der Waals surface area contributed by atoms with E-state index in [9.17, 15) is 4.79 Å². The number of oxime groups is 1. The van der Waals surface area contributed by atoms with Gasteiger partial charge in [0, 0.05) is 10.8 Å². The van der Waals surface area contributed by atoms with Crippen LogP contribution in [-0.4, -0.2) is 34.8 Å². The molecular formula is C32H32ClN3O3S. The zero-order chi connectivity index (χ0) is 27.8. The van der Waals surface area contributed by atoms with Gasteiger partial charge in [0.05, 0.1) is 6.61 Å². The molecule has 206 valence electrons. The van der Waals surface area contributed by atoms with Crippen LogP contribution in [0.1, 0.15) is 55.0 Å². The number of nitrogens with zero attached hydrogens (tertiary/aromatic N) is 2. The van der Waals surface area contributed by atoms with Crippen LogP contribution in [0.15, 0.2) is 102 Å². The molecule has 0 amide bonds. The number of thiazole rings is 1. The summed E-state index contributed by atoms with van der Waals surface area (Å²) in [6.45, 7) is 1.99. The van der Waals surface area contributed by atoms with E-state index >= 15 is 0 Å². The first kappa shape index (κ1) is 27.9. The van der Waals surface area contributed by atoms with Crippen LogP contribution in [0.3, 0.4) is 0 Å². The van der Waals surface area contributed by atoms with E-state index in [0.717, 1.165) is 42.4 Å². The molecule has 8 heteroatoms. The summed E-state index contributed by atoms with van der Waals surface area (Å²) >= 11 is 7.64. The third kappa shape index (κ3) is 6.21. The third-order valence-corrected chi connectivity index (χ3v) is 8.22. The van der Waals surface area contributed by atoms with Gasteiger partial charge in [0.15, 0.2) is 5.13 Å². The summed E-state index contributed by atoms with van der Waals surface area (Å²) in [5, 5.41) is 10.6. The number of aromatic nitrogens is 1. The smallest absolute Gasteiger partial charge is 0.362 e. The van der Waals surface area contributed by atoms with E-state index in [4.69, 9.17) is 26.2 Å². The van der Waals surface area contributed by atoms with E-state index in [1.54, 1.807) is 6.92 Å². The standard InChI is InChI=1S/C32H32ClN3O3S/c1-2-38-30(37)29(36-39-27-20-18-26(33)19-21-27)28-22-40-31(34-28)35-32(23-12-6-3-7-13-23,24-14-8-4-9-15-24)25-16-10-5-11-17-25/h3-17,22,26-27H,2,18-21H2,1H3,(H,34,35)/t26-,27+. The van der Waals surface area contributed by atoms with Crippen molar-refractivity contribution in [1.29, 1.82) is 0 Å². The first-order valence-corrected chi connectivity index (χ1v) is 14.9. The Morgan fingerprint density at radius 1 is 0.925 bits per heavy atom. The van der Waals surface area contributed by atoms with E-state index in [1.807, 2.05) is 60.0 Å². The Labute approximate surface area is 244 Å². The Morgan fingerprint density at radius 3 is 1.95 bits per heavy atom. The minimum atomic E-state index is -0.739. The van der Waals surface area contributed by atoms with Crippen molar-refractivity contribution < 1.29 is 14.4 Å². The van der Waals surface area contributed by atoms with Gasteiger partial charge < -0.3 is 14.9 Å². The van der Waals surface area contributed by atoms with Crippen molar-refractivity contribution in [3.8, 4) is 0 Å². The fraction of sp³-hybridized carbons (Fsp3) is 0.281. The first-order valence-electron chi connectivity index (χ1n) is 13.6. The molecule has 0 saturated heterocycles. The maximum atomic E-state index is 12.9. The molecule has 0 bridgehead atoms. The lowest BCUT2D eigenvalue weighted by Crippen LogP contribution is -2.38. The van der Waals surface area contributed by atoms with Crippen molar-refractivity contribution in [3.63, 3.8) is 0 Å². The molecule has 6 nitrogen and oxygen atoms in total. The summed E-state index contributed by atoms with van der Waals surface area (Å²) in [7, 11) is 0. The van der Waals surface area contributed by atoms with E-state index in [1.165, 1.54) is 11.3 Å². The van der Waals surface area contributed by atoms with Gasteiger partial charge in [0.1, 0.15) is 17.3 Å². The number of hydrogen-bond donors (Lipinski definition) is 1. The highest BCUT2D eigenvalue weighted by atomic mass is 35.5. The molecule has 0 unspecified atom stereocenters. The highest BCUT2D eigenvalue weighted by Gasteiger charge is 2.37. The van der Waals surface area contributed by atoms with Crippen LogP contribution in [0.4, 0.5) is 5.13 Å². The monoisotopic (exact) mass is 573 g/mol. The molecule has 4 aromatic rings. The summed E-state index contributed by atoms with van der Waals surface area (Å²) in [5.74, 6) is -0.564. The number of esters is 1. The lowest BCUT2D eigenvalue weighted by atomic mass is 9.77.